The topological polar surface area (TPSA) is 71.3 Å². The lowest BCUT2D eigenvalue weighted by molar-refractivity contribution is 0.0895. The van der Waals surface area contributed by atoms with Gasteiger partial charge in [-0.1, -0.05) is 19.0 Å². The molecule has 3 rings (SSSR count). The summed E-state index contributed by atoms with van der Waals surface area (Å²) in [4.78, 5) is 18.7. The van der Waals surface area contributed by atoms with Gasteiger partial charge in [0.2, 0.25) is 5.82 Å². The van der Waals surface area contributed by atoms with Crippen LogP contribution in [0.25, 0.3) is 11.4 Å². The molecule has 1 fully saturated rings. The van der Waals surface area contributed by atoms with E-state index >= 15 is 0 Å². The maximum atomic E-state index is 12.0. The highest BCUT2D eigenvalue weighted by Gasteiger charge is 2.19. The first-order valence-electron chi connectivity index (χ1n) is 9.06. The molecule has 1 saturated heterocycles. The maximum absolute atomic E-state index is 12.0. The van der Waals surface area contributed by atoms with Crippen molar-refractivity contribution >= 4 is 11.6 Å². The number of rotatable bonds is 5. The van der Waals surface area contributed by atoms with Crippen LogP contribution in [-0.4, -0.2) is 35.2 Å². The van der Waals surface area contributed by atoms with Crippen LogP contribution in [0.2, 0.25) is 0 Å². The number of carbonyl (C=O) groups is 1. The Morgan fingerprint density at radius 3 is 2.64 bits per heavy atom. The smallest absolute Gasteiger partial charge is 0.316 e. The molecule has 0 bridgehead atoms. The predicted molar refractivity (Wildman–Crippen MR) is 97.6 cm³/mol. The molecule has 1 amide bonds. The second-order valence-electron chi connectivity index (χ2n) is 6.92. The van der Waals surface area contributed by atoms with Gasteiger partial charge in [-0.05, 0) is 56.4 Å². The monoisotopic (exact) mass is 342 g/mol. The molecule has 6 heteroatoms. The third kappa shape index (κ3) is 4.18. The van der Waals surface area contributed by atoms with Gasteiger partial charge in [0.25, 0.3) is 0 Å². The standard InChI is InChI=1S/C19H26N4O2/c1-4-14(3)20-18(24)19-21-17(22-25-19)15-5-7-16(8-6-15)23-11-9-13(2)10-12-23/h5-8,13-14H,4,9-12H2,1-3H3,(H,20,24)/t14-/m0/s1. The lowest BCUT2D eigenvalue weighted by Crippen LogP contribution is -2.32. The van der Waals surface area contributed by atoms with Crippen LogP contribution in [0.5, 0.6) is 0 Å². The van der Waals surface area contributed by atoms with E-state index in [2.05, 4.69) is 39.4 Å². The van der Waals surface area contributed by atoms with Gasteiger partial charge in [0.1, 0.15) is 0 Å². The molecule has 1 aliphatic rings. The van der Waals surface area contributed by atoms with Crippen LogP contribution >= 0.6 is 0 Å². The molecule has 6 nitrogen and oxygen atoms in total. The number of carbonyl (C=O) groups excluding carboxylic acids is 1. The normalized spacial score (nSPS) is 16.7. The Labute approximate surface area is 148 Å². The molecule has 0 saturated carbocycles. The summed E-state index contributed by atoms with van der Waals surface area (Å²) >= 11 is 0. The highest BCUT2D eigenvalue weighted by atomic mass is 16.5. The number of nitrogens with one attached hydrogen (secondary N) is 1. The first-order chi connectivity index (χ1) is 12.1. The van der Waals surface area contributed by atoms with E-state index in [9.17, 15) is 4.79 Å². The molecule has 1 aliphatic heterocycles. The number of hydrogen-bond acceptors (Lipinski definition) is 5. The van der Waals surface area contributed by atoms with Crippen LogP contribution in [0.15, 0.2) is 28.8 Å². The van der Waals surface area contributed by atoms with E-state index in [0.29, 0.717) is 5.82 Å². The molecule has 1 N–H and O–H groups in total. The number of hydrogen-bond donors (Lipinski definition) is 1. The van der Waals surface area contributed by atoms with Crippen LogP contribution in [0.3, 0.4) is 0 Å². The van der Waals surface area contributed by atoms with Crippen molar-refractivity contribution < 1.29 is 9.32 Å². The van der Waals surface area contributed by atoms with Gasteiger partial charge in [-0.25, -0.2) is 0 Å². The molecule has 25 heavy (non-hydrogen) atoms. The van der Waals surface area contributed by atoms with Gasteiger partial charge >= 0.3 is 11.8 Å². The Kier molecular flexibility index (Phi) is 5.36. The zero-order valence-electron chi connectivity index (χ0n) is 15.2. The molecule has 1 aromatic heterocycles. The van der Waals surface area contributed by atoms with Gasteiger partial charge in [-0.15, -0.1) is 0 Å². The highest BCUT2D eigenvalue weighted by molar-refractivity contribution is 5.90. The van der Waals surface area contributed by atoms with Crippen molar-refractivity contribution in [2.45, 2.75) is 46.1 Å². The summed E-state index contributed by atoms with van der Waals surface area (Å²) in [6.45, 7) is 8.46. The Morgan fingerprint density at radius 2 is 2.00 bits per heavy atom. The number of nitrogens with zero attached hydrogens (tertiary/aromatic N) is 3. The van der Waals surface area contributed by atoms with Gasteiger partial charge in [-0.3, -0.25) is 4.79 Å². The van der Waals surface area contributed by atoms with E-state index < -0.39 is 0 Å². The zero-order valence-corrected chi connectivity index (χ0v) is 15.2. The Balaban J connectivity index is 1.67. The lowest BCUT2D eigenvalue weighted by atomic mass is 9.98. The summed E-state index contributed by atoms with van der Waals surface area (Å²) in [5.41, 5.74) is 2.06. The summed E-state index contributed by atoms with van der Waals surface area (Å²) in [5.74, 6) is 0.930. The van der Waals surface area contributed by atoms with Crippen LogP contribution in [-0.2, 0) is 0 Å². The largest absolute Gasteiger partial charge is 0.372 e. The van der Waals surface area contributed by atoms with Crippen molar-refractivity contribution in [3.05, 3.63) is 30.2 Å². The van der Waals surface area contributed by atoms with Gasteiger partial charge in [0.15, 0.2) is 0 Å². The molecule has 0 radical (unpaired) electrons. The van der Waals surface area contributed by atoms with E-state index in [4.69, 9.17) is 4.52 Å². The van der Waals surface area contributed by atoms with E-state index in [0.717, 1.165) is 31.0 Å². The lowest BCUT2D eigenvalue weighted by Gasteiger charge is -2.32. The molecule has 2 heterocycles. The molecule has 0 spiro atoms. The molecular weight excluding hydrogens is 316 g/mol. The number of anilines is 1. The Hall–Kier alpha value is -2.37. The SMILES string of the molecule is CC[C@H](C)NC(=O)c1nc(-c2ccc(N3CCC(C)CC3)cc2)no1. The van der Waals surface area contributed by atoms with Gasteiger partial charge in [0, 0.05) is 30.4 Å². The third-order valence-corrected chi connectivity index (χ3v) is 4.88. The first-order valence-corrected chi connectivity index (χ1v) is 9.06. The van der Waals surface area contributed by atoms with Crippen molar-refractivity contribution in [2.24, 2.45) is 5.92 Å². The Morgan fingerprint density at radius 1 is 1.32 bits per heavy atom. The average Bonchev–Trinajstić information content (AvgIpc) is 3.13. The average molecular weight is 342 g/mol. The van der Waals surface area contributed by atoms with Gasteiger partial charge < -0.3 is 14.7 Å². The van der Waals surface area contributed by atoms with E-state index in [1.165, 1.54) is 18.5 Å². The third-order valence-electron chi connectivity index (χ3n) is 4.88. The molecule has 134 valence electrons. The van der Waals surface area contributed by atoms with Crippen molar-refractivity contribution in [2.75, 3.05) is 18.0 Å². The van der Waals surface area contributed by atoms with Crippen molar-refractivity contribution in [3.63, 3.8) is 0 Å². The maximum Gasteiger partial charge on any atom is 0.316 e. The number of benzene rings is 1. The fourth-order valence-electron chi connectivity index (χ4n) is 2.91. The quantitative estimate of drug-likeness (QED) is 0.900. The minimum atomic E-state index is -0.327. The zero-order chi connectivity index (χ0) is 17.8. The number of amides is 1. The fourth-order valence-corrected chi connectivity index (χ4v) is 2.91. The van der Waals surface area contributed by atoms with Crippen molar-refractivity contribution in [1.29, 1.82) is 0 Å². The predicted octanol–water partition coefficient (Wildman–Crippen LogP) is 3.50. The fraction of sp³-hybridized carbons (Fsp3) is 0.526. The van der Waals surface area contributed by atoms with Crippen LogP contribution in [0.4, 0.5) is 5.69 Å². The minimum absolute atomic E-state index is 0.00407. The number of aromatic nitrogens is 2. The Bertz CT molecular complexity index is 702. The van der Waals surface area contributed by atoms with Gasteiger partial charge in [0.05, 0.1) is 0 Å². The van der Waals surface area contributed by atoms with E-state index in [1.807, 2.05) is 26.0 Å². The second kappa shape index (κ2) is 7.68. The molecule has 2 aromatic rings. The van der Waals surface area contributed by atoms with E-state index in [1.54, 1.807) is 0 Å². The van der Waals surface area contributed by atoms with Crippen molar-refractivity contribution in [1.82, 2.24) is 15.5 Å². The highest BCUT2D eigenvalue weighted by Crippen LogP contribution is 2.25. The van der Waals surface area contributed by atoms with Crippen LogP contribution in [0.1, 0.15) is 50.7 Å². The van der Waals surface area contributed by atoms with Crippen LogP contribution in [0, 0.1) is 5.92 Å². The summed E-state index contributed by atoms with van der Waals surface area (Å²) in [7, 11) is 0. The summed E-state index contributed by atoms with van der Waals surface area (Å²) in [5, 5.41) is 6.76. The molecule has 0 aliphatic carbocycles. The second-order valence-corrected chi connectivity index (χ2v) is 6.92. The molecular formula is C19H26N4O2. The minimum Gasteiger partial charge on any atom is -0.372 e. The summed E-state index contributed by atoms with van der Waals surface area (Å²) in [6.07, 6.45) is 3.33. The van der Waals surface area contributed by atoms with E-state index in [-0.39, 0.29) is 17.8 Å². The summed E-state index contributed by atoms with van der Waals surface area (Å²) < 4.78 is 5.10. The summed E-state index contributed by atoms with van der Waals surface area (Å²) in [6, 6.07) is 8.21. The van der Waals surface area contributed by atoms with Crippen molar-refractivity contribution in [3.8, 4) is 11.4 Å². The van der Waals surface area contributed by atoms with Gasteiger partial charge in [-0.2, -0.15) is 4.98 Å². The number of piperidine rings is 1. The molecule has 0 unspecified atom stereocenters. The molecule has 1 atom stereocenters. The first kappa shape index (κ1) is 17.5. The molecule has 1 aromatic carbocycles. The van der Waals surface area contributed by atoms with Crippen LogP contribution < -0.4 is 10.2 Å².